The van der Waals surface area contributed by atoms with E-state index in [1.54, 1.807) is 6.92 Å². The summed E-state index contributed by atoms with van der Waals surface area (Å²) in [7, 11) is 2.40. The normalized spacial score (nSPS) is 12.6. The molecule has 5 heteroatoms. The van der Waals surface area contributed by atoms with E-state index in [4.69, 9.17) is 34.8 Å². The first-order chi connectivity index (χ1) is 6.43. The molecule has 1 rings (SSSR count). The maximum atomic E-state index is 11.7. The van der Waals surface area contributed by atoms with E-state index in [1.165, 1.54) is 12.1 Å². The van der Waals surface area contributed by atoms with Crippen molar-refractivity contribution in [3.05, 3.63) is 32.8 Å². The number of rotatable bonds is 2. The first-order valence-electron chi connectivity index (χ1n) is 3.88. The lowest BCUT2D eigenvalue weighted by Gasteiger charge is -2.08. The lowest BCUT2D eigenvalue weighted by Crippen LogP contribution is -2.11. The summed E-state index contributed by atoms with van der Waals surface area (Å²) in [6.07, 6.45) is 0. The Labute approximate surface area is 99.9 Å². The smallest absolute Gasteiger partial charge is 0.172 e. The zero-order valence-electron chi connectivity index (χ0n) is 7.35. The summed E-state index contributed by atoms with van der Waals surface area (Å²) < 4.78 is 0. The Morgan fingerprint density at radius 1 is 1.29 bits per heavy atom. The molecule has 0 N–H and O–H groups in total. The summed E-state index contributed by atoms with van der Waals surface area (Å²) in [6, 6.07) is 3.02. The molecule has 0 saturated carbocycles. The molecule has 0 heterocycles. The number of halogens is 3. The van der Waals surface area contributed by atoms with Crippen molar-refractivity contribution in [1.29, 1.82) is 0 Å². The van der Waals surface area contributed by atoms with E-state index in [-0.39, 0.29) is 11.4 Å². The van der Waals surface area contributed by atoms with Crippen LogP contribution in [0.15, 0.2) is 12.1 Å². The maximum absolute atomic E-state index is 11.7. The highest BCUT2D eigenvalue weighted by molar-refractivity contribution is 7.19. The van der Waals surface area contributed by atoms with E-state index in [0.29, 0.717) is 20.6 Å². The molecule has 0 aliphatic carbocycles. The third-order valence-corrected chi connectivity index (χ3v) is 2.78. The number of ketones is 1. The van der Waals surface area contributed by atoms with E-state index in [0.717, 1.165) is 0 Å². The molecule has 0 aliphatic heterocycles. The SMILES string of the molecule is CC(P)C(=O)c1c(Cl)cc(Cl)cc1Cl. The molecule has 0 spiro atoms. The second kappa shape index (κ2) is 4.81. The molecule has 1 aromatic rings. The zero-order chi connectivity index (χ0) is 10.9. The molecule has 0 fully saturated rings. The van der Waals surface area contributed by atoms with Gasteiger partial charge in [-0.2, -0.15) is 0 Å². The van der Waals surface area contributed by atoms with Gasteiger partial charge >= 0.3 is 0 Å². The van der Waals surface area contributed by atoms with Crippen LogP contribution in [0.3, 0.4) is 0 Å². The van der Waals surface area contributed by atoms with Crippen molar-refractivity contribution in [1.82, 2.24) is 0 Å². The average Bonchev–Trinajstić information content (AvgIpc) is 2.01. The van der Waals surface area contributed by atoms with E-state index >= 15 is 0 Å². The van der Waals surface area contributed by atoms with Gasteiger partial charge in [-0.25, -0.2) is 0 Å². The predicted molar refractivity (Wildman–Crippen MR) is 65.0 cm³/mol. The highest BCUT2D eigenvalue weighted by Gasteiger charge is 2.18. The van der Waals surface area contributed by atoms with Gasteiger partial charge in [0.15, 0.2) is 5.78 Å². The van der Waals surface area contributed by atoms with Gasteiger partial charge in [0, 0.05) is 10.7 Å². The Kier molecular flexibility index (Phi) is 4.21. The molecule has 76 valence electrons. The Morgan fingerprint density at radius 2 is 1.71 bits per heavy atom. The third-order valence-electron chi connectivity index (χ3n) is 1.67. The van der Waals surface area contributed by atoms with Crippen molar-refractivity contribution in [2.24, 2.45) is 0 Å². The molecule has 0 amide bonds. The Morgan fingerprint density at radius 3 is 2.07 bits per heavy atom. The Balaban J connectivity index is 3.28. The molecule has 0 aromatic heterocycles. The quantitative estimate of drug-likeness (QED) is 0.584. The lowest BCUT2D eigenvalue weighted by molar-refractivity contribution is 0.0994. The highest BCUT2D eigenvalue weighted by Crippen LogP contribution is 2.30. The van der Waals surface area contributed by atoms with Gasteiger partial charge in [0.2, 0.25) is 0 Å². The van der Waals surface area contributed by atoms with Crippen molar-refractivity contribution in [3.63, 3.8) is 0 Å². The summed E-state index contributed by atoms with van der Waals surface area (Å²) >= 11 is 17.5. The van der Waals surface area contributed by atoms with Crippen LogP contribution in [-0.4, -0.2) is 11.4 Å². The first kappa shape index (κ1) is 12.3. The molecule has 2 unspecified atom stereocenters. The van der Waals surface area contributed by atoms with Crippen LogP contribution in [0, 0.1) is 0 Å². The molecule has 1 nitrogen and oxygen atoms in total. The van der Waals surface area contributed by atoms with E-state index in [2.05, 4.69) is 9.24 Å². The third kappa shape index (κ3) is 2.61. The Bertz CT molecular complexity index is 353. The lowest BCUT2D eigenvalue weighted by atomic mass is 10.1. The number of carbonyl (C=O) groups excluding carboxylic acids is 1. The number of Topliss-reactive ketones (excluding diaryl/α,β-unsaturated/α-hetero) is 1. The van der Waals surface area contributed by atoms with Crippen LogP contribution in [0.4, 0.5) is 0 Å². The van der Waals surface area contributed by atoms with Gasteiger partial charge in [-0.3, -0.25) is 4.79 Å². The first-order valence-corrected chi connectivity index (χ1v) is 5.68. The predicted octanol–water partition coefficient (Wildman–Crippen LogP) is 4.09. The highest BCUT2D eigenvalue weighted by atomic mass is 35.5. The minimum atomic E-state index is -0.217. The van der Waals surface area contributed by atoms with Crippen molar-refractivity contribution in [3.8, 4) is 0 Å². The van der Waals surface area contributed by atoms with Gasteiger partial charge < -0.3 is 0 Å². The van der Waals surface area contributed by atoms with E-state index < -0.39 is 0 Å². The van der Waals surface area contributed by atoms with E-state index in [1.807, 2.05) is 0 Å². The van der Waals surface area contributed by atoms with Crippen LogP contribution >= 0.6 is 44.0 Å². The van der Waals surface area contributed by atoms with Crippen molar-refractivity contribution >= 4 is 49.8 Å². The van der Waals surface area contributed by atoms with Crippen molar-refractivity contribution in [2.75, 3.05) is 0 Å². The zero-order valence-corrected chi connectivity index (χ0v) is 10.8. The van der Waals surface area contributed by atoms with Gasteiger partial charge in [-0.1, -0.05) is 41.7 Å². The van der Waals surface area contributed by atoms with Crippen LogP contribution in [0.2, 0.25) is 15.1 Å². The van der Waals surface area contributed by atoms with Crippen LogP contribution in [0.1, 0.15) is 17.3 Å². The summed E-state index contributed by atoms with van der Waals surface area (Å²) in [6.45, 7) is 1.76. The average molecular weight is 269 g/mol. The molecular formula is C9H8Cl3OP. The number of hydrogen-bond donors (Lipinski definition) is 0. The minimum Gasteiger partial charge on any atom is -0.293 e. The molecule has 0 saturated heterocycles. The molecule has 0 aliphatic rings. The molecule has 0 radical (unpaired) electrons. The molecule has 14 heavy (non-hydrogen) atoms. The molecular weight excluding hydrogens is 261 g/mol. The number of carbonyl (C=O) groups is 1. The Hall–Kier alpha value is 0.190. The summed E-state index contributed by atoms with van der Waals surface area (Å²) in [4.78, 5) is 11.7. The fraction of sp³-hybridized carbons (Fsp3) is 0.222. The topological polar surface area (TPSA) is 17.1 Å². The van der Waals surface area contributed by atoms with Crippen molar-refractivity contribution < 1.29 is 4.79 Å². The van der Waals surface area contributed by atoms with Gasteiger partial charge in [0.25, 0.3) is 0 Å². The summed E-state index contributed by atoms with van der Waals surface area (Å²) in [5.41, 5.74) is 0.117. The van der Waals surface area contributed by atoms with Crippen LogP contribution in [0.5, 0.6) is 0 Å². The van der Waals surface area contributed by atoms with E-state index in [9.17, 15) is 4.79 Å². The fourth-order valence-corrected chi connectivity index (χ4v) is 2.18. The van der Waals surface area contributed by atoms with Crippen LogP contribution in [-0.2, 0) is 0 Å². The largest absolute Gasteiger partial charge is 0.293 e. The van der Waals surface area contributed by atoms with Crippen LogP contribution < -0.4 is 0 Å². The monoisotopic (exact) mass is 268 g/mol. The second-order valence-corrected chi connectivity index (χ2v) is 5.15. The van der Waals surface area contributed by atoms with Crippen molar-refractivity contribution in [2.45, 2.75) is 12.6 Å². The minimum absolute atomic E-state index is 0.110. The number of benzene rings is 1. The fourth-order valence-electron chi connectivity index (χ4n) is 1.01. The molecule has 0 bridgehead atoms. The van der Waals surface area contributed by atoms with Gasteiger partial charge in [0.1, 0.15) is 0 Å². The van der Waals surface area contributed by atoms with Gasteiger partial charge in [-0.05, 0) is 12.1 Å². The molecule has 1 aromatic carbocycles. The summed E-state index contributed by atoms with van der Waals surface area (Å²) in [5.74, 6) is -0.110. The van der Waals surface area contributed by atoms with Crippen LogP contribution in [0.25, 0.3) is 0 Å². The second-order valence-electron chi connectivity index (χ2n) is 2.90. The van der Waals surface area contributed by atoms with Gasteiger partial charge in [-0.15, -0.1) is 9.24 Å². The standard InChI is InChI=1S/C9H8Cl3OP/c1-4(14)9(13)8-6(11)2-5(10)3-7(8)12/h2-4H,14H2,1H3. The maximum Gasteiger partial charge on any atom is 0.172 e. The number of hydrogen-bond acceptors (Lipinski definition) is 1. The van der Waals surface area contributed by atoms with Gasteiger partial charge in [0.05, 0.1) is 15.6 Å². The molecule has 2 atom stereocenters. The summed E-state index contributed by atoms with van der Waals surface area (Å²) in [5, 5.41) is 1.01.